The molecule has 0 spiro atoms. The maximum atomic E-state index is 7.03. The fourth-order valence-corrected chi connectivity index (χ4v) is 1.81. The minimum absolute atomic E-state index is 0.231. The molecule has 0 saturated carbocycles. The molecule has 0 unspecified atom stereocenters. The van der Waals surface area contributed by atoms with Crippen LogP contribution in [0, 0.1) is 10.8 Å². The minimum atomic E-state index is -0.231. The number of hydrogen-bond donors (Lipinski definition) is 3. The van der Waals surface area contributed by atoms with Crippen molar-refractivity contribution in [3.05, 3.63) is 0 Å². The highest BCUT2D eigenvalue weighted by Crippen LogP contribution is 2.27. The smallest absolute Gasteiger partial charge is 0.215 e. The molecule has 0 aliphatic carbocycles. The third kappa shape index (κ3) is 2.90. The van der Waals surface area contributed by atoms with E-state index >= 15 is 0 Å². The van der Waals surface area contributed by atoms with Crippen LogP contribution in [0.2, 0.25) is 0 Å². The van der Waals surface area contributed by atoms with E-state index < -0.39 is 0 Å². The van der Waals surface area contributed by atoms with E-state index in [2.05, 4.69) is 18.8 Å². The molecule has 5 nitrogen and oxygen atoms in total. The first-order valence-electron chi connectivity index (χ1n) is 4.84. The van der Waals surface area contributed by atoms with Crippen molar-refractivity contribution in [3.8, 4) is 0 Å². The number of nitrogens with one attached hydrogen (secondary N) is 1. The number of rotatable bonds is 0. The van der Waals surface area contributed by atoms with E-state index in [-0.39, 0.29) is 11.4 Å². The van der Waals surface area contributed by atoms with Crippen molar-refractivity contribution in [2.75, 3.05) is 13.1 Å². The number of nitrogens with two attached hydrogens (primary N) is 2. The second-order valence-electron chi connectivity index (χ2n) is 4.54. The molecule has 0 aromatic heterocycles. The Kier molecular flexibility index (Phi) is 2.98. The first kappa shape index (κ1) is 10.8. The lowest BCUT2D eigenvalue weighted by Crippen LogP contribution is -2.47. The average Bonchev–Trinajstić information content (AvgIpc) is 2.01. The average molecular weight is 197 g/mol. The summed E-state index contributed by atoms with van der Waals surface area (Å²) in [5.41, 5.74) is 11.2. The van der Waals surface area contributed by atoms with Gasteiger partial charge in [0.1, 0.15) is 0 Å². The van der Waals surface area contributed by atoms with Crippen LogP contribution in [0.1, 0.15) is 26.7 Å². The number of aliphatic imine (C=N–C) groups is 1. The van der Waals surface area contributed by atoms with Crippen molar-refractivity contribution >= 4 is 11.9 Å². The molecule has 14 heavy (non-hydrogen) atoms. The van der Waals surface area contributed by atoms with Gasteiger partial charge >= 0.3 is 0 Å². The summed E-state index contributed by atoms with van der Waals surface area (Å²) in [6, 6.07) is 0. The molecule has 1 aliphatic rings. The van der Waals surface area contributed by atoms with Gasteiger partial charge in [-0.3, -0.25) is 5.41 Å². The van der Waals surface area contributed by atoms with Gasteiger partial charge in [-0.05, 0) is 18.3 Å². The van der Waals surface area contributed by atoms with E-state index in [1.54, 1.807) is 0 Å². The lowest BCUT2D eigenvalue weighted by molar-refractivity contribution is 0.177. The first-order chi connectivity index (χ1) is 6.41. The van der Waals surface area contributed by atoms with E-state index in [4.69, 9.17) is 16.9 Å². The van der Waals surface area contributed by atoms with Crippen LogP contribution < -0.4 is 11.5 Å². The molecule has 0 aromatic carbocycles. The van der Waals surface area contributed by atoms with E-state index in [0.29, 0.717) is 5.96 Å². The van der Waals surface area contributed by atoms with Crippen LogP contribution in [0.4, 0.5) is 0 Å². The predicted octanol–water partition coefficient (Wildman–Crippen LogP) is 0.317. The molecular formula is C9H19N5. The van der Waals surface area contributed by atoms with Gasteiger partial charge in [0.15, 0.2) is 5.96 Å². The van der Waals surface area contributed by atoms with Crippen LogP contribution in [-0.4, -0.2) is 29.9 Å². The van der Waals surface area contributed by atoms with Gasteiger partial charge in [-0.1, -0.05) is 13.8 Å². The van der Waals surface area contributed by atoms with Gasteiger partial charge in [0.2, 0.25) is 5.96 Å². The van der Waals surface area contributed by atoms with Crippen LogP contribution in [0.15, 0.2) is 4.99 Å². The first-order valence-corrected chi connectivity index (χ1v) is 4.84. The van der Waals surface area contributed by atoms with Gasteiger partial charge in [-0.15, -0.1) is 0 Å². The molecule has 5 N–H and O–H groups in total. The SMILES string of the molecule is CC1(C)CCCN(/C(N)=N/C(=N)N)C1. The van der Waals surface area contributed by atoms with Gasteiger partial charge in [0.25, 0.3) is 0 Å². The Balaban J connectivity index is 2.65. The Bertz CT molecular complexity index is 256. The second kappa shape index (κ2) is 3.86. The number of piperidine rings is 1. The molecule has 0 amide bonds. The van der Waals surface area contributed by atoms with E-state index in [1.165, 1.54) is 6.42 Å². The van der Waals surface area contributed by atoms with Crippen LogP contribution in [0.5, 0.6) is 0 Å². The molecule has 1 rings (SSSR count). The zero-order valence-electron chi connectivity index (χ0n) is 8.88. The maximum Gasteiger partial charge on any atom is 0.215 e. The Labute approximate surface area is 84.7 Å². The molecule has 0 bridgehead atoms. The summed E-state index contributed by atoms with van der Waals surface area (Å²) in [5.74, 6) is 0.135. The fraction of sp³-hybridized carbons (Fsp3) is 0.778. The minimum Gasteiger partial charge on any atom is -0.369 e. The summed E-state index contributed by atoms with van der Waals surface area (Å²) in [4.78, 5) is 5.74. The van der Waals surface area contributed by atoms with Gasteiger partial charge in [-0.2, -0.15) is 4.99 Å². The summed E-state index contributed by atoms with van der Waals surface area (Å²) in [6.07, 6.45) is 2.32. The Morgan fingerprint density at radius 1 is 1.43 bits per heavy atom. The zero-order chi connectivity index (χ0) is 10.8. The fourth-order valence-electron chi connectivity index (χ4n) is 1.81. The monoisotopic (exact) mass is 197 g/mol. The Morgan fingerprint density at radius 3 is 2.57 bits per heavy atom. The second-order valence-corrected chi connectivity index (χ2v) is 4.54. The van der Waals surface area contributed by atoms with Crippen molar-refractivity contribution in [2.45, 2.75) is 26.7 Å². The Hall–Kier alpha value is -1.26. The molecule has 5 heteroatoms. The molecule has 1 heterocycles. The number of guanidine groups is 2. The summed E-state index contributed by atoms with van der Waals surface area (Å²) in [6.45, 7) is 6.21. The van der Waals surface area contributed by atoms with Crippen molar-refractivity contribution < 1.29 is 0 Å². The number of hydrogen-bond acceptors (Lipinski definition) is 1. The Morgan fingerprint density at radius 2 is 2.07 bits per heavy atom. The molecule has 0 radical (unpaired) electrons. The molecule has 1 fully saturated rings. The lowest BCUT2D eigenvalue weighted by Gasteiger charge is -2.38. The third-order valence-electron chi connectivity index (χ3n) is 2.46. The van der Waals surface area contributed by atoms with Gasteiger partial charge in [0, 0.05) is 13.1 Å². The summed E-state index contributed by atoms with van der Waals surface area (Å²) >= 11 is 0. The van der Waals surface area contributed by atoms with Crippen molar-refractivity contribution in [1.29, 1.82) is 5.41 Å². The van der Waals surface area contributed by atoms with Gasteiger partial charge in [-0.25, -0.2) is 0 Å². The summed E-state index contributed by atoms with van der Waals surface area (Å²) < 4.78 is 0. The molecule has 1 saturated heterocycles. The number of nitrogens with zero attached hydrogens (tertiary/aromatic N) is 2. The summed E-state index contributed by atoms with van der Waals surface area (Å²) in [5, 5.41) is 7.03. The van der Waals surface area contributed by atoms with Crippen molar-refractivity contribution in [2.24, 2.45) is 21.9 Å². The standard InChI is InChI=1S/C9H19N5/c1-9(2)4-3-5-14(6-9)8(12)13-7(10)11/h3-6H2,1-2H3,(H5,10,11,12,13). The normalized spacial score (nSPS) is 22.1. The summed E-state index contributed by atoms with van der Waals surface area (Å²) in [7, 11) is 0. The van der Waals surface area contributed by atoms with E-state index in [0.717, 1.165) is 19.5 Å². The zero-order valence-corrected chi connectivity index (χ0v) is 8.88. The topological polar surface area (TPSA) is 91.5 Å². The molecule has 0 atom stereocenters. The third-order valence-corrected chi connectivity index (χ3v) is 2.46. The lowest BCUT2D eigenvalue weighted by atomic mass is 9.84. The predicted molar refractivity (Wildman–Crippen MR) is 58.1 cm³/mol. The van der Waals surface area contributed by atoms with Crippen LogP contribution in [0.3, 0.4) is 0 Å². The van der Waals surface area contributed by atoms with Crippen molar-refractivity contribution in [1.82, 2.24) is 4.90 Å². The van der Waals surface area contributed by atoms with Gasteiger partial charge < -0.3 is 16.4 Å². The highest BCUT2D eigenvalue weighted by Gasteiger charge is 2.27. The molecular weight excluding hydrogens is 178 g/mol. The highest BCUT2D eigenvalue weighted by molar-refractivity contribution is 5.91. The van der Waals surface area contributed by atoms with E-state index in [1.807, 2.05) is 4.90 Å². The maximum absolute atomic E-state index is 7.03. The quantitative estimate of drug-likeness (QED) is 0.385. The largest absolute Gasteiger partial charge is 0.369 e. The number of likely N-dealkylation sites (tertiary alicyclic amines) is 1. The van der Waals surface area contributed by atoms with Crippen LogP contribution in [0.25, 0.3) is 0 Å². The van der Waals surface area contributed by atoms with Crippen molar-refractivity contribution in [3.63, 3.8) is 0 Å². The van der Waals surface area contributed by atoms with Gasteiger partial charge in [0.05, 0.1) is 0 Å². The molecule has 80 valence electrons. The van der Waals surface area contributed by atoms with E-state index in [9.17, 15) is 0 Å². The molecule has 0 aromatic rings. The molecule has 1 aliphatic heterocycles. The van der Waals surface area contributed by atoms with Crippen LogP contribution >= 0.6 is 0 Å². The highest BCUT2D eigenvalue weighted by atomic mass is 15.3. The van der Waals surface area contributed by atoms with Crippen LogP contribution in [-0.2, 0) is 0 Å².